The van der Waals surface area contributed by atoms with Gasteiger partial charge in [-0.2, -0.15) is 5.10 Å². The Morgan fingerprint density at radius 1 is 1.86 bits per heavy atom. The Labute approximate surface area is 43.6 Å². The lowest BCUT2D eigenvalue weighted by Crippen LogP contribution is -2.12. The number of hydrogen-bond donors (Lipinski definition) is 2. The van der Waals surface area contributed by atoms with Gasteiger partial charge in [0.05, 0.1) is 0 Å². The average molecular weight is 101 g/mol. The molecular weight excluding hydrogens is 90.1 g/mol. The first-order valence-corrected chi connectivity index (χ1v) is 2.21. The molecule has 3 N–H and O–H groups in total. The van der Waals surface area contributed by atoms with Crippen molar-refractivity contribution >= 4 is 5.71 Å². The predicted molar refractivity (Wildman–Crippen MR) is 31.2 cm³/mol. The van der Waals surface area contributed by atoms with Crippen molar-refractivity contribution in [1.82, 2.24) is 5.43 Å². The summed E-state index contributed by atoms with van der Waals surface area (Å²) >= 11 is 0. The van der Waals surface area contributed by atoms with E-state index in [1.54, 1.807) is 7.05 Å². The molecule has 0 saturated heterocycles. The SMILES string of the molecule is CN/N=C(\C)CN. The first-order valence-electron chi connectivity index (χ1n) is 2.21. The molecule has 0 radical (unpaired) electrons. The highest BCUT2D eigenvalue weighted by atomic mass is 15.3. The molecule has 0 aliphatic carbocycles. The summed E-state index contributed by atoms with van der Waals surface area (Å²) in [5.74, 6) is 0. The summed E-state index contributed by atoms with van der Waals surface area (Å²) in [6.07, 6.45) is 0. The van der Waals surface area contributed by atoms with Gasteiger partial charge in [0.1, 0.15) is 0 Å². The molecule has 0 fully saturated rings. The molecule has 0 amide bonds. The molecule has 0 bridgehead atoms. The number of nitrogens with one attached hydrogen (secondary N) is 1. The zero-order valence-corrected chi connectivity index (χ0v) is 4.73. The molecule has 0 aromatic heterocycles. The molecule has 0 aliphatic rings. The number of nitrogens with zero attached hydrogens (tertiary/aromatic N) is 1. The molecule has 0 atom stereocenters. The van der Waals surface area contributed by atoms with Gasteiger partial charge in [0, 0.05) is 19.3 Å². The van der Waals surface area contributed by atoms with Gasteiger partial charge in [0.25, 0.3) is 0 Å². The normalized spacial score (nSPS) is 11.6. The Kier molecular flexibility index (Phi) is 3.32. The second-order valence-corrected chi connectivity index (χ2v) is 1.27. The van der Waals surface area contributed by atoms with E-state index >= 15 is 0 Å². The molecular formula is C4H11N3. The summed E-state index contributed by atoms with van der Waals surface area (Å²) < 4.78 is 0. The standard InChI is InChI=1S/C4H11N3/c1-4(3-5)7-6-2/h6H,3,5H2,1-2H3/b7-4+. The quantitative estimate of drug-likeness (QED) is 0.365. The highest BCUT2D eigenvalue weighted by molar-refractivity contribution is 5.83. The summed E-state index contributed by atoms with van der Waals surface area (Å²) in [5.41, 5.74) is 8.73. The van der Waals surface area contributed by atoms with Crippen LogP contribution in [0.15, 0.2) is 5.10 Å². The van der Waals surface area contributed by atoms with Crippen molar-refractivity contribution in [1.29, 1.82) is 0 Å². The Morgan fingerprint density at radius 2 is 2.43 bits per heavy atom. The van der Waals surface area contributed by atoms with Crippen LogP contribution in [-0.2, 0) is 0 Å². The van der Waals surface area contributed by atoms with E-state index in [1.165, 1.54) is 0 Å². The van der Waals surface area contributed by atoms with Crippen LogP contribution in [0, 0.1) is 0 Å². The van der Waals surface area contributed by atoms with Gasteiger partial charge in [-0.1, -0.05) is 0 Å². The molecule has 3 heteroatoms. The van der Waals surface area contributed by atoms with Crippen LogP contribution in [-0.4, -0.2) is 19.3 Å². The molecule has 0 unspecified atom stereocenters. The molecule has 0 aliphatic heterocycles. The molecule has 42 valence electrons. The van der Waals surface area contributed by atoms with Crippen LogP contribution < -0.4 is 11.2 Å². The van der Waals surface area contributed by atoms with Crippen molar-refractivity contribution < 1.29 is 0 Å². The van der Waals surface area contributed by atoms with E-state index in [0.29, 0.717) is 6.54 Å². The fraction of sp³-hybridized carbons (Fsp3) is 0.750. The topological polar surface area (TPSA) is 50.4 Å². The number of rotatable bonds is 2. The van der Waals surface area contributed by atoms with Gasteiger partial charge in [-0.05, 0) is 6.92 Å². The minimum absolute atomic E-state index is 0.529. The third kappa shape index (κ3) is 3.26. The van der Waals surface area contributed by atoms with Crippen molar-refractivity contribution in [3.8, 4) is 0 Å². The molecule has 0 saturated carbocycles. The second kappa shape index (κ2) is 3.61. The van der Waals surface area contributed by atoms with E-state index in [-0.39, 0.29) is 0 Å². The van der Waals surface area contributed by atoms with Crippen LogP contribution in [0.4, 0.5) is 0 Å². The van der Waals surface area contributed by atoms with Crippen molar-refractivity contribution in [2.75, 3.05) is 13.6 Å². The van der Waals surface area contributed by atoms with Crippen molar-refractivity contribution in [3.63, 3.8) is 0 Å². The maximum Gasteiger partial charge on any atom is 0.0482 e. The van der Waals surface area contributed by atoms with Gasteiger partial charge in [-0.15, -0.1) is 0 Å². The van der Waals surface area contributed by atoms with Gasteiger partial charge < -0.3 is 11.2 Å². The Balaban J connectivity index is 3.29. The van der Waals surface area contributed by atoms with Crippen LogP contribution in [0.5, 0.6) is 0 Å². The third-order valence-electron chi connectivity index (χ3n) is 0.598. The summed E-state index contributed by atoms with van der Waals surface area (Å²) in [7, 11) is 1.75. The van der Waals surface area contributed by atoms with Gasteiger partial charge in [0.2, 0.25) is 0 Å². The third-order valence-corrected chi connectivity index (χ3v) is 0.598. The number of nitrogens with two attached hydrogens (primary N) is 1. The van der Waals surface area contributed by atoms with E-state index in [1.807, 2.05) is 6.92 Å². The monoisotopic (exact) mass is 101 g/mol. The van der Waals surface area contributed by atoms with Crippen LogP contribution in [0.25, 0.3) is 0 Å². The van der Waals surface area contributed by atoms with Gasteiger partial charge in [-0.25, -0.2) is 0 Å². The minimum atomic E-state index is 0.529. The Bertz CT molecular complexity index is 67.3. The van der Waals surface area contributed by atoms with Crippen LogP contribution in [0.2, 0.25) is 0 Å². The van der Waals surface area contributed by atoms with Crippen LogP contribution >= 0.6 is 0 Å². The zero-order chi connectivity index (χ0) is 5.70. The second-order valence-electron chi connectivity index (χ2n) is 1.27. The number of hydrogen-bond acceptors (Lipinski definition) is 3. The van der Waals surface area contributed by atoms with E-state index in [0.717, 1.165) is 5.71 Å². The Morgan fingerprint density at radius 3 is 2.57 bits per heavy atom. The number of hydrazone groups is 1. The van der Waals surface area contributed by atoms with Crippen LogP contribution in [0.1, 0.15) is 6.92 Å². The smallest absolute Gasteiger partial charge is 0.0482 e. The molecule has 0 heterocycles. The molecule has 0 aromatic carbocycles. The molecule has 7 heavy (non-hydrogen) atoms. The lowest BCUT2D eigenvalue weighted by Gasteiger charge is -1.90. The summed E-state index contributed by atoms with van der Waals surface area (Å²) in [6, 6.07) is 0. The minimum Gasteiger partial charge on any atom is -0.325 e. The van der Waals surface area contributed by atoms with E-state index in [4.69, 9.17) is 5.73 Å². The van der Waals surface area contributed by atoms with Crippen molar-refractivity contribution in [3.05, 3.63) is 0 Å². The first kappa shape index (κ1) is 6.43. The Hall–Kier alpha value is -0.570. The summed E-state index contributed by atoms with van der Waals surface area (Å²) in [4.78, 5) is 0. The first-order chi connectivity index (χ1) is 3.31. The van der Waals surface area contributed by atoms with Crippen molar-refractivity contribution in [2.24, 2.45) is 10.8 Å². The molecule has 0 rings (SSSR count). The van der Waals surface area contributed by atoms with Gasteiger partial charge in [-0.3, -0.25) is 0 Å². The fourth-order valence-corrected chi connectivity index (χ4v) is 0.237. The highest BCUT2D eigenvalue weighted by Crippen LogP contribution is 1.64. The predicted octanol–water partition coefficient (Wildman–Crippen LogP) is -0.460. The molecule has 0 spiro atoms. The molecule has 3 nitrogen and oxygen atoms in total. The largest absolute Gasteiger partial charge is 0.325 e. The lowest BCUT2D eigenvalue weighted by atomic mass is 10.4. The maximum atomic E-state index is 5.19. The van der Waals surface area contributed by atoms with E-state index in [9.17, 15) is 0 Å². The molecule has 0 aromatic rings. The van der Waals surface area contributed by atoms with Gasteiger partial charge >= 0.3 is 0 Å². The van der Waals surface area contributed by atoms with Gasteiger partial charge in [0.15, 0.2) is 0 Å². The average Bonchev–Trinajstić information content (AvgIpc) is 1.68. The van der Waals surface area contributed by atoms with Crippen LogP contribution in [0.3, 0.4) is 0 Å². The summed E-state index contributed by atoms with van der Waals surface area (Å²) in [6.45, 7) is 2.40. The zero-order valence-electron chi connectivity index (χ0n) is 4.73. The lowest BCUT2D eigenvalue weighted by molar-refractivity contribution is 0.893. The van der Waals surface area contributed by atoms with E-state index in [2.05, 4.69) is 10.5 Å². The maximum absolute atomic E-state index is 5.19. The summed E-state index contributed by atoms with van der Waals surface area (Å²) in [5, 5.41) is 3.78. The fourth-order valence-electron chi connectivity index (χ4n) is 0.237. The highest BCUT2D eigenvalue weighted by Gasteiger charge is 1.78. The van der Waals surface area contributed by atoms with Crippen molar-refractivity contribution in [2.45, 2.75) is 6.92 Å². The van der Waals surface area contributed by atoms with E-state index < -0.39 is 0 Å².